The van der Waals surface area contributed by atoms with Gasteiger partial charge in [0.1, 0.15) is 12.4 Å². The van der Waals surface area contributed by atoms with E-state index in [1.54, 1.807) is 44.2 Å². The number of nitrogens with one attached hydrogen (secondary N) is 2. The molecule has 8 heteroatoms. The number of halogens is 2. The van der Waals surface area contributed by atoms with E-state index < -0.39 is 12.0 Å². The lowest BCUT2D eigenvalue weighted by atomic mass is 9.93. The molecule has 2 N–H and O–H groups in total. The molecule has 2 aromatic carbocycles. The van der Waals surface area contributed by atoms with Crippen molar-refractivity contribution in [1.82, 2.24) is 10.6 Å². The Balaban J connectivity index is 1.91. The van der Waals surface area contributed by atoms with Crippen molar-refractivity contribution >= 4 is 35.2 Å². The molecular weight excluding hydrogens is 463 g/mol. The van der Waals surface area contributed by atoms with Gasteiger partial charge in [-0.05, 0) is 56.5 Å². The average molecular weight is 491 g/mol. The molecule has 0 aromatic heterocycles. The number of esters is 1. The summed E-state index contributed by atoms with van der Waals surface area (Å²) in [6.07, 6.45) is 2.05. The topological polar surface area (TPSA) is 76.7 Å². The van der Waals surface area contributed by atoms with Crippen molar-refractivity contribution < 1.29 is 19.1 Å². The summed E-state index contributed by atoms with van der Waals surface area (Å²) in [5.74, 6) is 0.103. The van der Waals surface area contributed by atoms with Crippen molar-refractivity contribution in [3.8, 4) is 5.75 Å². The number of allylic oxidation sites excluding steroid dienone is 1. The average Bonchev–Trinajstić information content (AvgIpc) is 2.76. The molecule has 1 unspecified atom stereocenters. The van der Waals surface area contributed by atoms with Crippen molar-refractivity contribution in [2.24, 2.45) is 0 Å². The van der Waals surface area contributed by atoms with Gasteiger partial charge in [-0.1, -0.05) is 54.7 Å². The van der Waals surface area contributed by atoms with Gasteiger partial charge in [0.15, 0.2) is 0 Å². The SMILES string of the molecule is CCCCC1=C(C(=O)OC(C)C)C(c2cccc(OCc3c(Cl)cccc3Cl)c2)NC(=O)N1. The first kappa shape index (κ1) is 24.9. The molecule has 6 nitrogen and oxygen atoms in total. The van der Waals surface area contributed by atoms with Crippen LogP contribution < -0.4 is 15.4 Å². The molecule has 0 aliphatic carbocycles. The fourth-order valence-corrected chi connectivity index (χ4v) is 4.05. The second kappa shape index (κ2) is 11.4. The Kier molecular flexibility index (Phi) is 8.64. The van der Waals surface area contributed by atoms with E-state index in [1.165, 1.54) is 0 Å². The zero-order valence-corrected chi connectivity index (χ0v) is 20.4. The molecule has 0 bridgehead atoms. The molecule has 0 saturated carbocycles. The maximum absolute atomic E-state index is 13.0. The molecule has 1 heterocycles. The molecule has 2 amide bonds. The predicted molar refractivity (Wildman–Crippen MR) is 129 cm³/mol. The van der Waals surface area contributed by atoms with E-state index in [1.807, 2.05) is 12.1 Å². The van der Waals surface area contributed by atoms with E-state index in [4.69, 9.17) is 32.7 Å². The van der Waals surface area contributed by atoms with Gasteiger partial charge in [-0.15, -0.1) is 0 Å². The fourth-order valence-electron chi connectivity index (χ4n) is 3.55. The Hall–Kier alpha value is -2.70. The summed E-state index contributed by atoms with van der Waals surface area (Å²) in [5.41, 5.74) is 2.38. The molecule has 0 fully saturated rings. The number of hydrogen-bond donors (Lipinski definition) is 2. The van der Waals surface area contributed by atoms with Crippen LogP contribution in [0.25, 0.3) is 0 Å². The second-order valence-corrected chi connectivity index (χ2v) is 8.86. The molecule has 3 rings (SSSR count). The summed E-state index contributed by atoms with van der Waals surface area (Å²) in [4.78, 5) is 25.4. The Morgan fingerprint density at radius 2 is 1.82 bits per heavy atom. The van der Waals surface area contributed by atoms with Crippen molar-refractivity contribution in [1.29, 1.82) is 0 Å². The van der Waals surface area contributed by atoms with Gasteiger partial charge in [-0.25, -0.2) is 9.59 Å². The van der Waals surface area contributed by atoms with Crippen molar-refractivity contribution in [3.63, 3.8) is 0 Å². The number of carbonyl (C=O) groups is 2. The molecule has 0 spiro atoms. The Morgan fingerprint density at radius 1 is 1.12 bits per heavy atom. The van der Waals surface area contributed by atoms with Crippen LogP contribution in [-0.4, -0.2) is 18.1 Å². The highest BCUT2D eigenvalue weighted by Gasteiger charge is 2.34. The third-order valence-corrected chi connectivity index (χ3v) is 5.84. The third-order valence-electron chi connectivity index (χ3n) is 5.13. The van der Waals surface area contributed by atoms with E-state index in [0.29, 0.717) is 44.6 Å². The molecule has 1 aliphatic heterocycles. The zero-order valence-electron chi connectivity index (χ0n) is 18.9. The first-order valence-electron chi connectivity index (χ1n) is 11.0. The van der Waals surface area contributed by atoms with Gasteiger partial charge in [0.05, 0.1) is 17.7 Å². The van der Waals surface area contributed by atoms with Gasteiger partial charge in [0, 0.05) is 21.3 Å². The Bertz CT molecular complexity index is 1030. The largest absolute Gasteiger partial charge is 0.489 e. The molecule has 1 aliphatic rings. The number of hydrogen-bond acceptors (Lipinski definition) is 4. The van der Waals surface area contributed by atoms with Crippen LogP contribution in [0, 0.1) is 0 Å². The van der Waals surface area contributed by atoms with Crippen LogP contribution >= 0.6 is 23.2 Å². The number of amides is 2. The van der Waals surface area contributed by atoms with Gasteiger partial charge >= 0.3 is 12.0 Å². The normalized spacial score (nSPS) is 15.8. The minimum atomic E-state index is -0.663. The standard InChI is InChI=1S/C25H28Cl2N2O4/c1-4-5-12-21-22(24(30)33-15(2)3)23(29-25(31)28-21)16-8-6-9-17(13-16)32-14-18-19(26)10-7-11-20(18)27/h6-11,13,15,23H,4-5,12,14H2,1-3H3,(H2,28,29,31). The Morgan fingerprint density at radius 3 is 2.48 bits per heavy atom. The van der Waals surface area contributed by atoms with Crippen LogP contribution in [0.15, 0.2) is 53.7 Å². The molecule has 176 valence electrons. The number of unbranched alkanes of at least 4 members (excludes halogenated alkanes) is 1. The highest BCUT2D eigenvalue weighted by atomic mass is 35.5. The molecule has 2 aromatic rings. The predicted octanol–water partition coefficient (Wildman–Crippen LogP) is 6.32. The van der Waals surface area contributed by atoms with Gasteiger partial charge in [0.25, 0.3) is 0 Å². The van der Waals surface area contributed by atoms with Crippen LogP contribution in [-0.2, 0) is 16.1 Å². The van der Waals surface area contributed by atoms with Crippen molar-refractivity contribution in [2.75, 3.05) is 0 Å². The van der Waals surface area contributed by atoms with Crippen LogP contribution in [0.5, 0.6) is 5.75 Å². The number of carbonyl (C=O) groups excluding carboxylic acids is 2. The van der Waals surface area contributed by atoms with E-state index in [0.717, 1.165) is 12.8 Å². The number of ether oxygens (including phenoxy) is 2. The van der Waals surface area contributed by atoms with E-state index in [2.05, 4.69) is 17.6 Å². The summed E-state index contributed by atoms with van der Waals surface area (Å²) in [7, 11) is 0. The van der Waals surface area contributed by atoms with Crippen molar-refractivity contribution in [3.05, 3.63) is 74.9 Å². The summed E-state index contributed by atoms with van der Waals surface area (Å²) in [6, 6.07) is 11.5. The first-order chi connectivity index (χ1) is 15.8. The maximum Gasteiger partial charge on any atom is 0.338 e. The maximum atomic E-state index is 13.0. The van der Waals surface area contributed by atoms with Gasteiger partial charge in [-0.3, -0.25) is 0 Å². The highest BCUT2D eigenvalue weighted by molar-refractivity contribution is 6.35. The number of urea groups is 1. The van der Waals surface area contributed by atoms with E-state index in [-0.39, 0.29) is 18.7 Å². The lowest BCUT2D eigenvalue weighted by molar-refractivity contribution is -0.143. The van der Waals surface area contributed by atoms with Crippen LogP contribution in [0.1, 0.15) is 57.2 Å². The zero-order chi connectivity index (χ0) is 24.0. The summed E-state index contributed by atoms with van der Waals surface area (Å²) >= 11 is 12.5. The Labute approximate surface area is 204 Å². The molecule has 0 radical (unpaired) electrons. The molecule has 0 saturated heterocycles. The first-order valence-corrected chi connectivity index (χ1v) is 11.7. The molecule has 33 heavy (non-hydrogen) atoms. The van der Waals surface area contributed by atoms with Gasteiger partial charge in [-0.2, -0.15) is 0 Å². The third kappa shape index (κ3) is 6.42. The quantitative estimate of drug-likeness (QED) is 0.403. The highest BCUT2D eigenvalue weighted by Crippen LogP contribution is 2.32. The summed E-state index contributed by atoms with van der Waals surface area (Å²) in [6.45, 7) is 5.82. The molecular formula is C25H28Cl2N2O4. The number of rotatable bonds is 9. The van der Waals surface area contributed by atoms with Gasteiger partial charge in [0.2, 0.25) is 0 Å². The second-order valence-electron chi connectivity index (χ2n) is 8.04. The fraction of sp³-hybridized carbons (Fsp3) is 0.360. The van der Waals surface area contributed by atoms with Crippen molar-refractivity contribution in [2.45, 2.75) is 58.8 Å². The van der Waals surface area contributed by atoms with Crippen LogP contribution in [0.4, 0.5) is 4.79 Å². The number of benzene rings is 2. The van der Waals surface area contributed by atoms with Crippen LogP contribution in [0.2, 0.25) is 10.0 Å². The van der Waals surface area contributed by atoms with E-state index in [9.17, 15) is 9.59 Å². The summed E-state index contributed by atoms with van der Waals surface area (Å²) in [5, 5.41) is 6.69. The van der Waals surface area contributed by atoms with Gasteiger partial charge < -0.3 is 20.1 Å². The lowest BCUT2D eigenvalue weighted by Gasteiger charge is -2.30. The van der Waals surface area contributed by atoms with E-state index >= 15 is 0 Å². The molecule has 1 atom stereocenters. The lowest BCUT2D eigenvalue weighted by Crippen LogP contribution is -2.46. The summed E-state index contributed by atoms with van der Waals surface area (Å²) < 4.78 is 11.4. The minimum absolute atomic E-state index is 0.181. The smallest absolute Gasteiger partial charge is 0.338 e. The van der Waals surface area contributed by atoms with Crippen LogP contribution in [0.3, 0.4) is 0 Å². The monoisotopic (exact) mass is 490 g/mol. The minimum Gasteiger partial charge on any atom is -0.489 e.